The summed E-state index contributed by atoms with van der Waals surface area (Å²) >= 11 is 0. The lowest BCUT2D eigenvalue weighted by molar-refractivity contribution is -0.136. The Balaban J connectivity index is 2.56. The van der Waals surface area contributed by atoms with Gasteiger partial charge in [-0.25, -0.2) is 17.2 Å². The Kier molecular flexibility index (Phi) is 4.77. The van der Waals surface area contributed by atoms with Gasteiger partial charge in [-0.2, -0.15) is 4.31 Å². The minimum Gasteiger partial charge on any atom is -0.481 e. The van der Waals surface area contributed by atoms with Gasteiger partial charge in [-0.3, -0.25) is 4.79 Å². The first-order valence-electron chi connectivity index (χ1n) is 7.15. The lowest BCUT2D eigenvalue weighted by Gasteiger charge is -2.21. The third-order valence-corrected chi connectivity index (χ3v) is 6.26. The van der Waals surface area contributed by atoms with Crippen molar-refractivity contribution in [2.75, 3.05) is 13.1 Å². The van der Waals surface area contributed by atoms with Gasteiger partial charge in [-0.1, -0.05) is 6.07 Å². The van der Waals surface area contributed by atoms with Crippen molar-refractivity contribution in [1.82, 2.24) is 4.31 Å². The monoisotopic (exact) mass is 347 g/mol. The number of halogens is 2. The Morgan fingerprint density at radius 3 is 2.22 bits per heavy atom. The van der Waals surface area contributed by atoms with Gasteiger partial charge < -0.3 is 5.11 Å². The number of aliphatic carboxylic acids is 1. The number of hydrogen-bond donors (Lipinski definition) is 1. The second-order valence-corrected chi connectivity index (χ2v) is 7.74. The molecule has 1 N–H and O–H groups in total. The Bertz CT molecular complexity index is 738. The van der Waals surface area contributed by atoms with Crippen LogP contribution in [0.5, 0.6) is 0 Å². The molecule has 0 spiro atoms. The van der Waals surface area contributed by atoms with E-state index in [1.165, 1.54) is 6.92 Å². The van der Waals surface area contributed by atoms with Crippen molar-refractivity contribution in [2.45, 2.75) is 44.4 Å². The predicted molar refractivity (Wildman–Crippen MR) is 80.5 cm³/mol. The Hall–Kier alpha value is -1.54. The molecular weight excluding hydrogens is 328 g/mol. The highest BCUT2D eigenvalue weighted by Gasteiger charge is 2.41. The third kappa shape index (κ3) is 3.23. The smallest absolute Gasteiger partial charge is 0.307 e. The fraction of sp³-hybridized carbons (Fsp3) is 0.533. The fourth-order valence-electron chi connectivity index (χ4n) is 3.04. The molecule has 0 unspecified atom stereocenters. The van der Waals surface area contributed by atoms with Crippen LogP contribution in [-0.2, 0) is 21.2 Å². The summed E-state index contributed by atoms with van der Waals surface area (Å²) in [6, 6.07) is 1.59. The largest absolute Gasteiger partial charge is 0.481 e. The highest BCUT2D eigenvalue weighted by molar-refractivity contribution is 7.89. The second kappa shape index (κ2) is 6.16. The molecule has 0 radical (unpaired) electrons. The molecular formula is C15H19F2NO4S. The molecule has 1 aromatic rings. The van der Waals surface area contributed by atoms with Gasteiger partial charge in [0.1, 0.15) is 12.3 Å². The summed E-state index contributed by atoms with van der Waals surface area (Å²) in [6.07, 6.45) is -3.98. The Labute approximate surface area is 134 Å². The van der Waals surface area contributed by atoms with E-state index in [9.17, 15) is 22.0 Å². The van der Waals surface area contributed by atoms with Crippen LogP contribution in [0.3, 0.4) is 0 Å². The van der Waals surface area contributed by atoms with Gasteiger partial charge in [0.05, 0.1) is 11.3 Å². The van der Waals surface area contributed by atoms with Gasteiger partial charge in [0, 0.05) is 13.1 Å². The summed E-state index contributed by atoms with van der Waals surface area (Å²) in [6.45, 7) is 3.78. The van der Waals surface area contributed by atoms with E-state index < -0.39 is 41.4 Å². The standard InChI is InChI=1S/C15H19F2NO4S/c1-8-4-9(2)15(10(3)11(8)5-14(19)20)23(21,22)18-6-12(16)13(17)7-18/h4,12-13H,5-7H2,1-3H3,(H,19,20)/t12-,13+. The molecule has 1 aliphatic heterocycles. The van der Waals surface area contributed by atoms with Crippen LogP contribution in [0.15, 0.2) is 11.0 Å². The number of hydrogen-bond acceptors (Lipinski definition) is 3. The maximum atomic E-state index is 13.4. The van der Waals surface area contributed by atoms with E-state index in [1.807, 2.05) is 0 Å². The van der Waals surface area contributed by atoms with Crippen LogP contribution in [-0.4, -0.2) is 49.2 Å². The first kappa shape index (κ1) is 17.8. The van der Waals surface area contributed by atoms with E-state index in [1.54, 1.807) is 19.9 Å². The lowest BCUT2D eigenvalue weighted by Crippen LogP contribution is -2.31. The van der Waals surface area contributed by atoms with Crippen molar-refractivity contribution >= 4 is 16.0 Å². The van der Waals surface area contributed by atoms with Gasteiger partial charge in [-0.15, -0.1) is 0 Å². The molecule has 1 aliphatic rings. The number of aryl methyl sites for hydroxylation is 2. The molecule has 1 fully saturated rings. The molecule has 1 heterocycles. The highest BCUT2D eigenvalue weighted by atomic mass is 32.2. The maximum Gasteiger partial charge on any atom is 0.307 e. The van der Waals surface area contributed by atoms with Crippen molar-refractivity contribution in [3.63, 3.8) is 0 Å². The molecule has 0 aromatic heterocycles. The summed E-state index contributed by atoms with van der Waals surface area (Å²) in [7, 11) is -4.08. The average molecular weight is 347 g/mol. The lowest BCUT2D eigenvalue weighted by atomic mass is 9.97. The van der Waals surface area contributed by atoms with Crippen LogP contribution in [0.1, 0.15) is 22.3 Å². The van der Waals surface area contributed by atoms with Crippen molar-refractivity contribution in [1.29, 1.82) is 0 Å². The summed E-state index contributed by atoms with van der Waals surface area (Å²) in [5.41, 5.74) is 1.85. The van der Waals surface area contributed by atoms with E-state index in [4.69, 9.17) is 5.11 Å². The molecule has 0 bridgehead atoms. The number of sulfonamides is 1. The topological polar surface area (TPSA) is 74.7 Å². The van der Waals surface area contributed by atoms with E-state index in [0.717, 1.165) is 4.31 Å². The minimum absolute atomic E-state index is 0.0550. The van der Waals surface area contributed by atoms with Crippen molar-refractivity contribution < 1.29 is 27.1 Å². The normalized spacial score (nSPS) is 22.5. The van der Waals surface area contributed by atoms with Gasteiger partial charge in [-0.05, 0) is 43.0 Å². The zero-order valence-corrected chi connectivity index (χ0v) is 14.0. The molecule has 128 valence electrons. The maximum absolute atomic E-state index is 13.4. The SMILES string of the molecule is Cc1cc(C)c(S(=O)(=O)N2C[C@@H](F)[C@@H](F)C2)c(C)c1CC(=O)O. The number of nitrogens with zero attached hydrogens (tertiary/aromatic N) is 1. The molecule has 2 atom stereocenters. The molecule has 8 heteroatoms. The predicted octanol–water partition coefficient (Wildman–Crippen LogP) is 1.92. The van der Waals surface area contributed by atoms with E-state index in [2.05, 4.69) is 0 Å². The van der Waals surface area contributed by atoms with Crippen LogP contribution < -0.4 is 0 Å². The van der Waals surface area contributed by atoms with Crippen molar-refractivity contribution in [3.8, 4) is 0 Å². The first-order valence-corrected chi connectivity index (χ1v) is 8.59. The Morgan fingerprint density at radius 2 is 1.74 bits per heavy atom. The van der Waals surface area contributed by atoms with E-state index in [-0.39, 0.29) is 11.3 Å². The summed E-state index contributed by atoms with van der Waals surface area (Å²) in [5.74, 6) is -1.07. The van der Waals surface area contributed by atoms with Crippen LogP contribution in [0.25, 0.3) is 0 Å². The average Bonchev–Trinajstić information content (AvgIpc) is 2.74. The van der Waals surface area contributed by atoms with Gasteiger partial charge in [0.25, 0.3) is 0 Å². The number of carboxylic acids is 1. The fourth-order valence-corrected chi connectivity index (χ4v) is 4.96. The molecule has 1 saturated heterocycles. The van der Waals surface area contributed by atoms with Gasteiger partial charge in [0.15, 0.2) is 0 Å². The minimum atomic E-state index is -4.08. The highest BCUT2D eigenvalue weighted by Crippen LogP contribution is 2.31. The zero-order valence-electron chi connectivity index (χ0n) is 13.1. The number of benzene rings is 1. The Morgan fingerprint density at radius 1 is 1.22 bits per heavy atom. The van der Waals surface area contributed by atoms with Gasteiger partial charge >= 0.3 is 5.97 Å². The second-order valence-electron chi connectivity index (χ2n) is 5.87. The van der Waals surface area contributed by atoms with Crippen molar-refractivity contribution in [2.24, 2.45) is 0 Å². The van der Waals surface area contributed by atoms with E-state index >= 15 is 0 Å². The molecule has 0 aliphatic carbocycles. The summed E-state index contributed by atoms with van der Waals surface area (Å²) < 4.78 is 53.1. The quantitative estimate of drug-likeness (QED) is 0.903. The summed E-state index contributed by atoms with van der Waals surface area (Å²) in [4.78, 5) is 10.9. The van der Waals surface area contributed by atoms with Crippen molar-refractivity contribution in [3.05, 3.63) is 28.3 Å². The first-order chi connectivity index (χ1) is 10.6. The van der Waals surface area contributed by atoms with Crippen LogP contribution in [0.4, 0.5) is 8.78 Å². The molecule has 23 heavy (non-hydrogen) atoms. The van der Waals surface area contributed by atoms with Crippen LogP contribution in [0.2, 0.25) is 0 Å². The number of carboxylic acid groups (broad SMARTS) is 1. The number of alkyl halides is 2. The molecule has 5 nitrogen and oxygen atoms in total. The van der Waals surface area contributed by atoms with Gasteiger partial charge in [0.2, 0.25) is 10.0 Å². The molecule has 2 rings (SSSR count). The zero-order chi connectivity index (χ0) is 17.5. The molecule has 1 aromatic carbocycles. The van der Waals surface area contributed by atoms with E-state index in [0.29, 0.717) is 22.3 Å². The number of carbonyl (C=O) groups is 1. The molecule has 0 amide bonds. The molecule has 0 saturated carbocycles. The van der Waals surface area contributed by atoms with Crippen LogP contribution >= 0.6 is 0 Å². The number of rotatable bonds is 4. The third-order valence-electron chi connectivity index (χ3n) is 4.13. The van der Waals surface area contributed by atoms with Crippen LogP contribution in [0, 0.1) is 20.8 Å². The summed E-state index contributed by atoms with van der Waals surface area (Å²) in [5, 5.41) is 9.00.